The number of nitrogens with one attached hydrogen (secondary N) is 1. The Kier molecular flexibility index (Phi) is 5.69. The van der Waals surface area contributed by atoms with Crippen molar-refractivity contribution in [2.45, 2.75) is 43.9 Å². The van der Waals surface area contributed by atoms with Crippen molar-refractivity contribution in [3.63, 3.8) is 0 Å². The number of anilines is 1. The van der Waals surface area contributed by atoms with Crippen LogP contribution in [-0.2, 0) is 27.7 Å². The SMILES string of the molecule is Cc1ccc(NC(=O)C2CCN(S(=O)(=O)c3ccc4c(c3)CCC4)CC2)cc1Cl. The minimum atomic E-state index is -3.52. The highest BCUT2D eigenvalue weighted by atomic mass is 35.5. The highest BCUT2D eigenvalue weighted by Crippen LogP contribution is 2.29. The lowest BCUT2D eigenvalue weighted by atomic mass is 9.97. The van der Waals surface area contributed by atoms with E-state index in [1.54, 1.807) is 12.1 Å². The first kappa shape index (κ1) is 20.4. The fraction of sp³-hybridized carbons (Fsp3) is 0.409. The van der Waals surface area contributed by atoms with Gasteiger partial charge in [0.1, 0.15) is 0 Å². The molecule has 5 nitrogen and oxygen atoms in total. The first-order valence-corrected chi connectivity index (χ1v) is 11.9. The van der Waals surface area contributed by atoms with Crippen molar-refractivity contribution in [1.29, 1.82) is 0 Å². The van der Waals surface area contributed by atoms with Crippen LogP contribution in [0.25, 0.3) is 0 Å². The normalized spacial score (nSPS) is 17.9. The number of rotatable bonds is 4. The molecule has 0 saturated carbocycles. The standard InChI is InChI=1S/C22H25ClN2O3S/c1-15-5-7-19(14-21(15)23)24-22(26)17-9-11-25(12-10-17)29(27,28)20-8-6-16-3-2-4-18(16)13-20/h5-8,13-14,17H,2-4,9-12H2,1H3,(H,24,26). The minimum Gasteiger partial charge on any atom is -0.326 e. The molecule has 1 aliphatic carbocycles. The van der Waals surface area contributed by atoms with Gasteiger partial charge in [0, 0.05) is 29.7 Å². The van der Waals surface area contributed by atoms with Gasteiger partial charge in [-0.3, -0.25) is 4.79 Å². The third-order valence-electron chi connectivity index (χ3n) is 5.97. The van der Waals surface area contributed by atoms with Crippen LogP contribution in [0.3, 0.4) is 0 Å². The van der Waals surface area contributed by atoms with Crippen molar-refractivity contribution in [2.75, 3.05) is 18.4 Å². The molecule has 0 spiro atoms. The first-order valence-electron chi connectivity index (χ1n) is 10.0. The summed E-state index contributed by atoms with van der Waals surface area (Å²) in [7, 11) is -3.52. The Labute approximate surface area is 177 Å². The van der Waals surface area contributed by atoms with E-state index in [4.69, 9.17) is 11.6 Å². The molecule has 1 fully saturated rings. The number of carbonyl (C=O) groups is 1. The largest absolute Gasteiger partial charge is 0.326 e. The molecule has 0 atom stereocenters. The number of carbonyl (C=O) groups excluding carboxylic acids is 1. The number of sulfonamides is 1. The van der Waals surface area contributed by atoms with Gasteiger partial charge in [0.2, 0.25) is 15.9 Å². The Morgan fingerprint density at radius 1 is 1.07 bits per heavy atom. The summed E-state index contributed by atoms with van der Waals surface area (Å²) < 4.78 is 27.6. The fourth-order valence-electron chi connectivity index (χ4n) is 4.13. The van der Waals surface area contributed by atoms with Gasteiger partial charge in [0.15, 0.2) is 0 Å². The van der Waals surface area contributed by atoms with Gasteiger partial charge in [-0.25, -0.2) is 8.42 Å². The summed E-state index contributed by atoms with van der Waals surface area (Å²) in [5, 5.41) is 3.51. The molecule has 1 heterocycles. The average molecular weight is 433 g/mol. The highest BCUT2D eigenvalue weighted by Gasteiger charge is 2.32. The number of nitrogens with zero attached hydrogens (tertiary/aromatic N) is 1. The van der Waals surface area contributed by atoms with Crippen LogP contribution in [0.2, 0.25) is 5.02 Å². The Morgan fingerprint density at radius 3 is 2.52 bits per heavy atom. The first-order chi connectivity index (χ1) is 13.8. The van der Waals surface area contributed by atoms with Gasteiger partial charge in [-0.2, -0.15) is 4.31 Å². The summed E-state index contributed by atoms with van der Waals surface area (Å²) in [6, 6.07) is 10.9. The summed E-state index contributed by atoms with van der Waals surface area (Å²) in [6.07, 6.45) is 4.09. The Bertz CT molecular complexity index is 1040. The smallest absolute Gasteiger partial charge is 0.243 e. The van der Waals surface area contributed by atoms with Gasteiger partial charge in [-0.1, -0.05) is 23.7 Å². The van der Waals surface area contributed by atoms with E-state index in [1.165, 1.54) is 9.87 Å². The molecular formula is C22H25ClN2O3S. The van der Waals surface area contributed by atoms with E-state index >= 15 is 0 Å². The maximum absolute atomic E-state index is 13.0. The van der Waals surface area contributed by atoms with Gasteiger partial charge < -0.3 is 5.32 Å². The van der Waals surface area contributed by atoms with Gasteiger partial charge in [-0.05, 0) is 80.0 Å². The average Bonchev–Trinajstić information content (AvgIpc) is 3.19. The van der Waals surface area contributed by atoms with Crippen LogP contribution in [0, 0.1) is 12.8 Å². The molecule has 1 aliphatic heterocycles. The van der Waals surface area contributed by atoms with Gasteiger partial charge in [0.05, 0.1) is 4.90 Å². The maximum Gasteiger partial charge on any atom is 0.243 e. The summed E-state index contributed by atoms with van der Waals surface area (Å²) in [5.41, 5.74) is 4.03. The van der Waals surface area contributed by atoms with Gasteiger partial charge in [-0.15, -0.1) is 0 Å². The van der Waals surface area contributed by atoms with E-state index in [2.05, 4.69) is 5.32 Å². The van der Waals surface area contributed by atoms with E-state index in [0.717, 1.165) is 30.4 Å². The number of amides is 1. The number of fused-ring (bicyclic) bond motifs is 1. The third kappa shape index (κ3) is 4.20. The molecule has 0 bridgehead atoms. The van der Waals surface area contributed by atoms with Crippen LogP contribution in [0.4, 0.5) is 5.69 Å². The quantitative estimate of drug-likeness (QED) is 0.788. The number of benzene rings is 2. The Morgan fingerprint density at radius 2 is 1.79 bits per heavy atom. The number of piperidine rings is 1. The Hall–Kier alpha value is -1.89. The zero-order chi connectivity index (χ0) is 20.6. The predicted molar refractivity (Wildman–Crippen MR) is 115 cm³/mol. The molecule has 0 aromatic heterocycles. The van der Waals surface area contributed by atoms with Crippen molar-refractivity contribution >= 4 is 33.2 Å². The van der Waals surface area contributed by atoms with Crippen molar-refractivity contribution < 1.29 is 13.2 Å². The predicted octanol–water partition coefficient (Wildman–Crippen LogP) is 4.18. The van der Waals surface area contributed by atoms with E-state index in [9.17, 15) is 13.2 Å². The highest BCUT2D eigenvalue weighted by molar-refractivity contribution is 7.89. The van der Waals surface area contributed by atoms with Crippen LogP contribution in [0.5, 0.6) is 0 Å². The lowest BCUT2D eigenvalue weighted by Gasteiger charge is -2.30. The van der Waals surface area contributed by atoms with E-state index in [0.29, 0.717) is 41.5 Å². The number of hydrogen-bond acceptors (Lipinski definition) is 3. The summed E-state index contributed by atoms with van der Waals surface area (Å²) in [6.45, 7) is 2.61. The lowest BCUT2D eigenvalue weighted by Crippen LogP contribution is -2.41. The van der Waals surface area contributed by atoms with Crippen LogP contribution in [0.15, 0.2) is 41.3 Å². The molecule has 0 radical (unpaired) electrons. The molecule has 2 aliphatic rings. The number of halogens is 1. The van der Waals surface area contributed by atoms with Gasteiger partial charge in [0.25, 0.3) is 0 Å². The second-order valence-electron chi connectivity index (χ2n) is 7.92. The second-order valence-corrected chi connectivity index (χ2v) is 10.3. The van der Waals surface area contributed by atoms with Crippen LogP contribution >= 0.6 is 11.6 Å². The molecule has 7 heteroatoms. The number of aryl methyl sites for hydroxylation is 3. The maximum atomic E-state index is 13.0. The topological polar surface area (TPSA) is 66.5 Å². The van der Waals surface area contributed by atoms with Crippen LogP contribution < -0.4 is 5.32 Å². The molecule has 1 N–H and O–H groups in total. The third-order valence-corrected chi connectivity index (χ3v) is 8.27. The fourth-order valence-corrected chi connectivity index (χ4v) is 5.83. The summed E-state index contributed by atoms with van der Waals surface area (Å²) >= 11 is 6.12. The lowest BCUT2D eigenvalue weighted by molar-refractivity contribution is -0.120. The van der Waals surface area contributed by atoms with Crippen LogP contribution in [-0.4, -0.2) is 31.7 Å². The van der Waals surface area contributed by atoms with Crippen molar-refractivity contribution in [3.8, 4) is 0 Å². The van der Waals surface area contributed by atoms with E-state index < -0.39 is 10.0 Å². The molecule has 2 aromatic carbocycles. The van der Waals surface area contributed by atoms with Crippen molar-refractivity contribution in [2.24, 2.45) is 5.92 Å². The minimum absolute atomic E-state index is 0.0838. The molecule has 4 rings (SSSR count). The molecule has 2 aromatic rings. The monoisotopic (exact) mass is 432 g/mol. The molecule has 0 unspecified atom stereocenters. The van der Waals surface area contributed by atoms with Crippen LogP contribution in [0.1, 0.15) is 36.0 Å². The van der Waals surface area contributed by atoms with E-state index in [1.807, 2.05) is 31.2 Å². The molecule has 1 amide bonds. The zero-order valence-corrected chi connectivity index (χ0v) is 18.0. The number of hydrogen-bond donors (Lipinski definition) is 1. The summed E-state index contributed by atoms with van der Waals surface area (Å²) in [5.74, 6) is -0.291. The van der Waals surface area contributed by atoms with Gasteiger partial charge >= 0.3 is 0 Å². The Balaban J connectivity index is 1.39. The van der Waals surface area contributed by atoms with E-state index in [-0.39, 0.29) is 11.8 Å². The second kappa shape index (κ2) is 8.09. The molecule has 154 valence electrons. The summed E-state index contributed by atoms with van der Waals surface area (Å²) in [4.78, 5) is 13.0. The zero-order valence-electron chi connectivity index (χ0n) is 16.4. The molecular weight excluding hydrogens is 408 g/mol. The van der Waals surface area contributed by atoms with Crippen molar-refractivity contribution in [1.82, 2.24) is 4.31 Å². The molecule has 1 saturated heterocycles. The molecule has 29 heavy (non-hydrogen) atoms. The van der Waals surface area contributed by atoms with Crippen molar-refractivity contribution in [3.05, 3.63) is 58.1 Å².